The quantitative estimate of drug-likeness (QED) is 0.851. The summed E-state index contributed by atoms with van der Waals surface area (Å²) in [5.41, 5.74) is 1.83. The molecule has 0 spiro atoms. The van der Waals surface area contributed by atoms with E-state index in [0.717, 1.165) is 35.1 Å². The van der Waals surface area contributed by atoms with Crippen molar-refractivity contribution in [2.24, 2.45) is 0 Å². The number of aliphatic hydroxyl groups excluding tert-OH is 1. The summed E-state index contributed by atoms with van der Waals surface area (Å²) >= 11 is 3.44. The first-order valence-corrected chi connectivity index (χ1v) is 6.70. The molecule has 2 N–H and O–H groups in total. The molecule has 2 aromatic rings. The summed E-state index contributed by atoms with van der Waals surface area (Å²) in [6, 6.07) is 6.93. The first kappa shape index (κ1) is 11.7. The van der Waals surface area contributed by atoms with Gasteiger partial charge < -0.3 is 14.8 Å². The van der Waals surface area contributed by atoms with Crippen molar-refractivity contribution in [1.82, 2.24) is 9.55 Å². The molecule has 1 atom stereocenters. The molecule has 1 aliphatic rings. The van der Waals surface area contributed by atoms with Crippen molar-refractivity contribution < 1.29 is 10.2 Å². The van der Waals surface area contributed by atoms with E-state index in [4.69, 9.17) is 0 Å². The Balaban J connectivity index is 2.18. The average molecular weight is 309 g/mol. The Morgan fingerprint density at radius 1 is 1.39 bits per heavy atom. The Bertz CT molecular complexity index is 595. The van der Waals surface area contributed by atoms with Gasteiger partial charge in [0.15, 0.2) is 0 Å². The molecule has 1 aromatic heterocycles. The molecule has 18 heavy (non-hydrogen) atoms. The molecule has 3 rings (SSSR count). The Kier molecular flexibility index (Phi) is 2.87. The zero-order valence-electron chi connectivity index (χ0n) is 9.67. The molecular weight excluding hydrogens is 296 g/mol. The van der Waals surface area contributed by atoms with Gasteiger partial charge in [0.25, 0.3) is 0 Å². The van der Waals surface area contributed by atoms with Gasteiger partial charge in [0.1, 0.15) is 22.4 Å². The van der Waals surface area contributed by atoms with Crippen LogP contribution in [0.3, 0.4) is 0 Å². The van der Waals surface area contributed by atoms with Crippen LogP contribution in [0.15, 0.2) is 28.9 Å². The molecule has 0 fully saturated rings. The van der Waals surface area contributed by atoms with E-state index in [9.17, 15) is 10.2 Å². The van der Waals surface area contributed by atoms with Crippen LogP contribution in [0.25, 0.3) is 11.4 Å². The van der Waals surface area contributed by atoms with Gasteiger partial charge in [-0.05, 0) is 47.3 Å². The number of hydrogen-bond donors (Lipinski definition) is 2. The minimum absolute atomic E-state index is 0.200. The number of imidazole rings is 1. The predicted molar refractivity (Wildman–Crippen MR) is 71.2 cm³/mol. The molecule has 0 saturated carbocycles. The molecular formula is C13H13BrN2O2. The van der Waals surface area contributed by atoms with Crippen LogP contribution in [-0.2, 0) is 6.42 Å². The monoisotopic (exact) mass is 308 g/mol. The summed E-state index contributed by atoms with van der Waals surface area (Å²) in [5.74, 6) is 0.895. The SMILES string of the molecule is Oc1cccc(-c2nc(Br)c3n2C(O)CCC3)c1. The third-order valence-corrected chi connectivity index (χ3v) is 3.87. The highest BCUT2D eigenvalue weighted by molar-refractivity contribution is 9.10. The molecule has 5 heteroatoms. The highest BCUT2D eigenvalue weighted by atomic mass is 79.9. The third kappa shape index (κ3) is 1.83. The van der Waals surface area contributed by atoms with Crippen LogP contribution in [0, 0.1) is 0 Å². The molecule has 0 aliphatic carbocycles. The fourth-order valence-electron chi connectivity index (χ4n) is 2.41. The Hall–Kier alpha value is -1.33. The van der Waals surface area contributed by atoms with Gasteiger partial charge in [-0.2, -0.15) is 0 Å². The molecule has 94 valence electrons. The summed E-state index contributed by atoms with van der Waals surface area (Å²) in [6.45, 7) is 0. The molecule has 1 unspecified atom stereocenters. The lowest BCUT2D eigenvalue weighted by Crippen LogP contribution is -2.17. The summed E-state index contributed by atoms with van der Waals surface area (Å²) in [4.78, 5) is 4.46. The molecule has 4 nitrogen and oxygen atoms in total. The van der Waals surface area contributed by atoms with Crippen molar-refractivity contribution in [2.45, 2.75) is 25.5 Å². The topological polar surface area (TPSA) is 58.3 Å². The molecule has 1 aliphatic heterocycles. The van der Waals surface area contributed by atoms with Crippen molar-refractivity contribution >= 4 is 15.9 Å². The van der Waals surface area contributed by atoms with E-state index in [1.165, 1.54) is 0 Å². The largest absolute Gasteiger partial charge is 0.508 e. The molecule has 0 amide bonds. The van der Waals surface area contributed by atoms with E-state index in [1.807, 2.05) is 10.6 Å². The normalized spacial score (nSPS) is 18.7. The number of benzene rings is 1. The van der Waals surface area contributed by atoms with Crippen LogP contribution in [0.1, 0.15) is 24.8 Å². The first-order valence-electron chi connectivity index (χ1n) is 5.91. The lowest BCUT2D eigenvalue weighted by molar-refractivity contribution is 0.0805. The number of hydrogen-bond acceptors (Lipinski definition) is 3. The molecule has 0 radical (unpaired) electrons. The van der Waals surface area contributed by atoms with Crippen molar-refractivity contribution in [3.63, 3.8) is 0 Å². The fraction of sp³-hybridized carbons (Fsp3) is 0.308. The van der Waals surface area contributed by atoms with E-state index in [1.54, 1.807) is 18.2 Å². The highest BCUT2D eigenvalue weighted by Gasteiger charge is 2.25. The van der Waals surface area contributed by atoms with Gasteiger partial charge in [-0.25, -0.2) is 4.98 Å². The van der Waals surface area contributed by atoms with Gasteiger partial charge in [-0.1, -0.05) is 12.1 Å². The number of fused-ring (bicyclic) bond motifs is 1. The zero-order valence-corrected chi connectivity index (χ0v) is 11.3. The standard InChI is InChI=1S/C13H13BrN2O2/c14-12-10-5-2-6-11(18)16(10)13(15-12)8-3-1-4-9(17)7-8/h1,3-4,7,11,17-18H,2,5-6H2. The lowest BCUT2D eigenvalue weighted by atomic mass is 10.1. The first-order chi connectivity index (χ1) is 8.66. The fourth-order valence-corrected chi connectivity index (χ4v) is 2.97. The smallest absolute Gasteiger partial charge is 0.143 e. The third-order valence-electron chi connectivity index (χ3n) is 3.24. The van der Waals surface area contributed by atoms with E-state index in [2.05, 4.69) is 20.9 Å². The average Bonchev–Trinajstić information content (AvgIpc) is 2.69. The van der Waals surface area contributed by atoms with Gasteiger partial charge in [0.05, 0.1) is 5.69 Å². The van der Waals surface area contributed by atoms with E-state index in [-0.39, 0.29) is 5.75 Å². The van der Waals surface area contributed by atoms with Crippen molar-refractivity contribution in [1.29, 1.82) is 0 Å². The maximum absolute atomic E-state index is 10.1. The van der Waals surface area contributed by atoms with Gasteiger partial charge in [0.2, 0.25) is 0 Å². The van der Waals surface area contributed by atoms with E-state index in [0.29, 0.717) is 5.82 Å². The number of aromatic hydroxyl groups is 1. The second kappa shape index (κ2) is 4.40. The van der Waals surface area contributed by atoms with Gasteiger partial charge >= 0.3 is 0 Å². The summed E-state index contributed by atoms with van der Waals surface area (Å²) in [7, 11) is 0. The number of halogens is 1. The second-order valence-electron chi connectivity index (χ2n) is 4.47. The van der Waals surface area contributed by atoms with Crippen molar-refractivity contribution in [3.8, 4) is 17.1 Å². The molecule has 1 aromatic carbocycles. The Morgan fingerprint density at radius 3 is 3.00 bits per heavy atom. The van der Waals surface area contributed by atoms with Crippen molar-refractivity contribution in [3.05, 3.63) is 34.6 Å². The summed E-state index contributed by atoms with van der Waals surface area (Å²) < 4.78 is 2.63. The molecule has 0 saturated heterocycles. The zero-order chi connectivity index (χ0) is 12.7. The maximum atomic E-state index is 10.1. The van der Waals surface area contributed by atoms with Gasteiger partial charge in [0, 0.05) is 5.56 Å². The van der Waals surface area contributed by atoms with Crippen LogP contribution in [-0.4, -0.2) is 19.8 Å². The summed E-state index contributed by atoms with van der Waals surface area (Å²) in [5, 5.41) is 19.7. The molecule has 2 heterocycles. The summed E-state index contributed by atoms with van der Waals surface area (Å²) in [6.07, 6.45) is 2.07. The van der Waals surface area contributed by atoms with Crippen molar-refractivity contribution in [2.75, 3.05) is 0 Å². The van der Waals surface area contributed by atoms with Crippen LogP contribution >= 0.6 is 15.9 Å². The maximum Gasteiger partial charge on any atom is 0.143 e. The number of nitrogens with zero attached hydrogens (tertiary/aromatic N) is 2. The minimum Gasteiger partial charge on any atom is -0.508 e. The van der Waals surface area contributed by atoms with Crippen LogP contribution in [0.2, 0.25) is 0 Å². The predicted octanol–water partition coefficient (Wildman–Crippen LogP) is 2.85. The van der Waals surface area contributed by atoms with Crippen LogP contribution in [0.5, 0.6) is 5.75 Å². The number of aliphatic hydroxyl groups is 1. The second-order valence-corrected chi connectivity index (χ2v) is 5.22. The Morgan fingerprint density at radius 2 is 2.22 bits per heavy atom. The lowest BCUT2D eigenvalue weighted by Gasteiger charge is -2.23. The van der Waals surface area contributed by atoms with E-state index < -0.39 is 6.23 Å². The van der Waals surface area contributed by atoms with Gasteiger partial charge in [-0.3, -0.25) is 0 Å². The Labute approximate surface area is 113 Å². The number of rotatable bonds is 1. The highest BCUT2D eigenvalue weighted by Crippen LogP contribution is 2.35. The minimum atomic E-state index is -0.537. The number of phenols is 1. The number of phenolic OH excluding ortho intramolecular Hbond substituents is 1. The van der Waals surface area contributed by atoms with Gasteiger partial charge in [-0.15, -0.1) is 0 Å². The van der Waals surface area contributed by atoms with Crippen LogP contribution < -0.4 is 0 Å². The van der Waals surface area contributed by atoms with E-state index >= 15 is 0 Å². The molecule has 0 bridgehead atoms. The van der Waals surface area contributed by atoms with Crippen LogP contribution in [0.4, 0.5) is 0 Å². The number of aromatic nitrogens is 2.